The quantitative estimate of drug-likeness (QED) is 0.459. The van der Waals surface area contributed by atoms with Crippen LogP contribution in [0.25, 0.3) is 10.9 Å². The van der Waals surface area contributed by atoms with E-state index in [-0.39, 0.29) is 5.04 Å². The molecule has 130 valence electrons. The van der Waals surface area contributed by atoms with E-state index in [1.807, 2.05) is 0 Å². The minimum Gasteiger partial charge on any atom is -0.414 e. The topological polar surface area (TPSA) is 22.1 Å². The fourth-order valence-corrected chi connectivity index (χ4v) is 5.76. The van der Waals surface area contributed by atoms with Crippen LogP contribution in [0.2, 0.25) is 18.1 Å². The molecule has 0 fully saturated rings. The number of benzene rings is 1. The third-order valence-corrected chi connectivity index (χ3v) is 11.0. The lowest BCUT2D eigenvalue weighted by molar-refractivity contribution is 0.164. The van der Waals surface area contributed by atoms with E-state index < -0.39 is 8.32 Å². The van der Waals surface area contributed by atoms with Gasteiger partial charge in [-0.3, -0.25) is 4.98 Å². The molecule has 0 aliphatic heterocycles. The molecule has 0 unspecified atom stereocenters. The van der Waals surface area contributed by atoms with Crippen LogP contribution in [0.4, 0.5) is 0 Å². The summed E-state index contributed by atoms with van der Waals surface area (Å²) in [5, 5.41) is 1.44. The number of halogens is 2. The first-order valence-electron chi connectivity index (χ1n) is 8.52. The van der Waals surface area contributed by atoms with Crippen LogP contribution in [-0.2, 0) is 17.3 Å². The van der Waals surface area contributed by atoms with Crippen LogP contribution in [0.15, 0.2) is 27.1 Å². The normalized spacial score (nSPS) is 18.7. The molecule has 0 saturated heterocycles. The summed E-state index contributed by atoms with van der Waals surface area (Å²) in [7, 11) is -1.72. The van der Waals surface area contributed by atoms with Crippen molar-refractivity contribution < 1.29 is 4.43 Å². The van der Waals surface area contributed by atoms with Crippen molar-refractivity contribution in [1.29, 1.82) is 0 Å². The highest BCUT2D eigenvalue weighted by Crippen LogP contribution is 2.39. The van der Waals surface area contributed by atoms with Crippen LogP contribution in [0.1, 0.15) is 38.4 Å². The first-order valence-corrected chi connectivity index (χ1v) is 13.0. The van der Waals surface area contributed by atoms with Gasteiger partial charge in [-0.25, -0.2) is 0 Å². The molecule has 24 heavy (non-hydrogen) atoms. The van der Waals surface area contributed by atoms with Crippen LogP contribution in [0, 0.1) is 0 Å². The van der Waals surface area contributed by atoms with Crippen molar-refractivity contribution >= 4 is 51.1 Å². The number of rotatable bonds is 2. The highest BCUT2D eigenvalue weighted by Gasteiger charge is 2.39. The van der Waals surface area contributed by atoms with Gasteiger partial charge in [0.25, 0.3) is 0 Å². The molecule has 1 aromatic heterocycles. The number of nitrogens with zero attached hydrogens (tertiary/aromatic N) is 1. The molecule has 0 bridgehead atoms. The molecule has 1 aromatic carbocycles. The average molecular weight is 471 g/mol. The van der Waals surface area contributed by atoms with Gasteiger partial charge < -0.3 is 4.43 Å². The summed E-state index contributed by atoms with van der Waals surface area (Å²) >= 11 is 7.21. The summed E-state index contributed by atoms with van der Waals surface area (Å²) in [6, 6.07) is 6.51. The molecule has 1 heterocycles. The second-order valence-corrected chi connectivity index (χ2v) is 14.8. The number of fused-ring (bicyclic) bond motifs is 2. The molecule has 1 aliphatic rings. The molecule has 0 amide bonds. The van der Waals surface area contributed by atoms with E-state index in [4.69, 9.17) is 9.41 Å². The number of aryl methyl sites for hydroxylation is 1. The van der Waals surface area contributed by atoms with Crippen molar-refractivity contribution in [3.05, 3.63) is 38.4 Å². The van der Waals surface area contributed by atoms with E-state index in [9.17, 15) is 0 Å². The van der Waals surface area contributed by atoms with Crippen LogP contribution in [0.3, 0.4) is 0 Å². The minimum atomic E-state index is -1.72. The molecular formula is C19H25Br2NOSi. The van der Waals surface area contributed by atoms with Crippen molar-refractivity contribution in [1.82, 2.24) is 4.98 Å². The van der Waals surface area contributed by atoms with E-state index in [1.165, 1.54) is 16.6 Å². The summed E-state index contributed by atoms with van der Waals surface area (Å²) in [5.41, 5.74) is 3.64. The third-order valence-electron chi connectivity index (χ3n) is 5.42. The zero-order chi connectivity index (χ0) is 17.7. The zero-order valence-electron chi connectivity index (χ0n) is 15.0. The SMILES string of the molecule is CC(C)(C)[Si](C)(C)O[C@H]1CCc2nc3c(Br)cc(Br)cc3cc2C1. The zero-order valence-corrected chi connectivity index (χ0v) is 19.2. The Kier molecular flexibility index (Phi) is 5.02. The molecule has 0 saturated carbocycles. The highest BCUT2D eigenvalue weighted by atomic mass is 79.9. The monoisotopic (exact) mass is 469 g/mol. The van der Waals surface area contributed by atoms with Crippen LogP contribution >= 0.6 is 31.9 Å². The Morgan fingerprint density at radius 2 is 1.88 bits per heavy atom. The average Bonchev–Trinajstić information content (AvgIpc) is 2.43. The third kappa shape index (κ3) is 3.64. The van der Waals surface area contributed by atoms with Gasteiger partial charge in [0, 0.05) is 26.1 Å². The molecule has 0 radical (unpaired) electrons. The molecule has 0 N–H and O–H groups in total. The Hall–Kier alpha value is -0.233. The van der Waals surface area contributed by atoms with Crippen LogP contribution < -0.4 is 0 Å². The summed E-state index contributed by atoms with van der Waals surface area (Å²) in [5.74, 6) is 0. The van der Waals surface area contributed by atoms with Gasteiger partial charge in [0.05, 0.1) is 5.52 Å². The predicted octanol–water partition coefficient (Wildman–Crippen LogP) is 6.64. The number of pyridine rings is 1. The van der Waals surface area contributed by atoms with E-state index in [0.29, 0.717) is 6.10 Å². The molecule has 3 rings (SSSR count). The number of hydrogen-bond acceptors (Lipinski definition) is 2. The fraction of sp³-hybridized carbons (Fsp3) is 0.526. The molecular weight excluding hydrogens is 446 g/mol. The lowest BCUT2D eigenvalue weighted by Gasteiger charge is -2.40. The van der Waals surface area contributed by atoms with Gasteiger partial charge in [-0.15, -0.1) is 0 Å². The Labute approximate surface area is 162 Å². The lowest BCUT2D eigenvalue weighted by atomic mass is 9.92. The second-order valence-electron chi connectivity index (χ2n) is 8.30. The first kappa shape index (κ1) is 18.6. The van der Waals surface area contributed by atoms with Gasteiger partial charge in [0.15, 0.2) is 8.32 Å². The van der Waals surface area contributed by atoms with Crippen molar-refractivity contribution in [3.63, 3.8) is 0 Å². The van der Waals surface area contributed by atoms with E-state index in [2.05, 4.69) is 83.9 Å². The number of aromatic nitrogens is 1. The molecule has 2 nitrogen and oxygen atoms in total. The van der Waals surface area contributed by atoms with E-state index in [0.717, 1.165) is 33.7 Å². The van der Waals surface area contributed by atoms with Gasteiger partial charge >= 0.3 is 0 Å². The maximum atomic E-state index is 6.65. The molecule has 1 aliphatic carbocycles. The van der Waals surface area contributed by atoms with Gasteiger partial charge in [-0.1, -0.05) is 36.7 Å². The largest absolute Gasteiger partial charge is 0.414 e. The molecule has 2 aromatic rings. The van der Waals surface area contributed by atoms with Gasteiger partial charge in [0.1, 0.15) is 0 Å². The summed E-state index contributed by atoms with van der Waals surface area (Å²) in [6.45, 7) is 11.6. The second kappa shape index (κ2) is 6.49. The smallest absolute Gasteiger partial charge is 0.192 e. The first-order chi connectivity index (χ1) is 11.1. The van der Waals surface area contributed by atoms with Gasteiger partial charge in [-0.2, -0.15) is 0 Å². The Morgan fingerprint density at radius 3 is 2.54 bits per heavy atom. The summed E-state index contributed by atoms with van der Waals surface area (Å²) in [6.07, 6.45) is 3.39. The predicted molar refractivity (Wildman–Crippen MR) is 111 cm³/mol. The van der Waals surface area contributed by atoms with E-state index in [1.54, 1.807) is 0 Å². The Morgan fingerprint density at radius 1 is 1.17 bits per heavy atom. The van der Waals surface area contributed by atoms with E-state index >= 15 is 0 Å². The van der Waals surface area contributed by atoms with Gasteiger partial charge in [-0.05, 0) is 77.1 Å². The van der Waals surface area contributed by atoms with Crippen LogP contribution in [0.5, 0.6) is 0 Å². The number of hydrogen-bond donors (Lipinski definition) is 0. The van der Waals surface area contributed by atoms with Crippen molar-refractivity contribution in [2.75, 3.05) is 0 Å². The maximum absolute atomic E-state index is 6.65. The highest BCUT2D eigenvalue weighted by molar-refractivity contribution is 9.11. The van der Waals surface area contributed by atoms with Gasteiger partial charge in [0.2, 0.25) is 0 Å². The fourth-order valence-electron chi connectivity index (χ4n) is 3.02. The standard InChI is InChI=1S/C19H25Br2NOSi/c1-19(2,3)24(4,5)23-15-6-7-17-12(10-15)8-13-9-14(20)11-16(21)18(13)22-17/h8-9,11,15H,6-7,10H2,1-5H3/t15-/m0/s1. The Balaban J connectivity index is 1.89. The minimum absolute atomic E-state index is 0.255. The van der Waals surface area contributed by atoms with Crippen molar-refractivity contribution in [3.8, 4) is 0 Å². The lowest BCUT2D eigenvalue weighted by Crippen LogP contribution is -2.45. The van der Waals surface area contributed by atoms with Crippen molar-refractivity contribution in [2.24, 2.45) is 0 Å². The molecule has 5 heteroatoms. The Bertz CT molecular complexity index is 783. The molecule has 1 atom stereocenters. The van der Waals surface area contributed by atoms with Crippen LogP contribution in [-0.4, -0.2) is 19.4 Å². The maximum Gasteiger partial charge on any atom is 0.192 e. The molecule has 0 spiro atoms. The van der Waals surface area contributed by atoms with Crippen molar-refractivity contribution in [2.45, 2.75) is 64.3 Å². The summed E-state index contributed by atoms with van der Waals surface area (Å²) < 4.78 is 8.78. The summed E-state index contributed by atoms with van der Waals surface area (Å²) in [4.78, 5) is 4.92.